The third-order valence-electron chi connectivity index (χ3n) is 5.53. The van der Waals surface area contributed by atoms with Gasteiger partial charge in [0.2, 0.25) is 0 Å². The van der Waals surface area contributed by atoms with Gasteiger partial charge in [0.05, 0.1) is 6.10 Å². The van der Waals surface area contributed by atoms with Crippen molar-refractivity contribution >= 4 is 11.8 Å². The zero-order valence-electron chi connectivity index (χ0n) is 14.8. The summed E-state index contributed by atoms with van der Waals surface area (Å²) in [5, 5.41) is 0. The highest BCUT2D eigenvalue weighted by molar-refractivity contribution is 5.95. The lowest BCUT2D eigenvalue weighted by Crippen LogP contribution is -2.29. The van der Waals surface area contributed by atoms with Gasteiger partial charge in [0.1, 0.15) is 11.7 Å². The Morgan fingerprint density at radius 1 is 1.21 bits per heavy atom. The fraction of sp³-hybridized carbons (Fsp3) is 0.600. The lowest BCUT2D eigenvalue weighted by molar-refractivity contribution is -0.137. The topological polar surface area (TPSA) is 55.9 Å². The van der Waals surface area contributed by atoms with Crippen LogP contribution in [0.3, 0.4) is 0 Å². The Labute approximate surface area is 143 Å². The summed E-state index contributed by atoms with van der Waals surface area (Å²) in [6.45, 7) is 9.88. The lowest BCUT2D eigenvalue weighted by Gasteiger charge is -2.17. The standard InChI is InChI=1S/C20H26O4/c1-12-6-5-7-13(2)10-16-15(14(3)19(22)23-16)11-17(21)20(4)18(24-20)9-8-12/h6,10,15-16,18H,3,5,7-9,11H2,1-2,4H3/b12-6-,13-10+/t15-,16+,18-,20+/m1/s1. The molecule has 0 aromatic heterocycles. The third-order valence-corrected chi connectivity index (χ3v) is 5.53. The van der Waals surface area contributed by atoms with Crippen LogP contribution in [0.15, 0.2) is 35.5 Å². The van der Waals surface area contributed by atoms with Gasteiger partial charge in [-0.25, -0.2) is 4.79 Å². The monoisotopic (exact) mass is 330 g/mol. The van der Waals surface area contributed by atoms with Gasteiger partial charge in [0.15, 0.2) is 5.78 Å². The smallest absolute Gasteiger partial charge is 0.334 e. The van der Waals surface area contributed by atoms with Gasteiger partial charge in [-0.05, 0) is 52.5 Å². The van der Waals surface area contributed by atoms with E-state index in [1.807, 2.05) is 19.9 Å². The number of Topliss-reactive ketones (excluding diaryl/α,β-unsaturated/α-hetero) is 1. The largest absolute Gasteiger partial charge is 0.454 e. The molecule has 0 aromatic rings. The normalized spacial score (nSPS) is 42.0. The summed E-state index contributed by atoms with van der Waals surface area (Å²) in [6.07, 6.45) is 7.80. The number of carbonyl (C=O) groups excluding carboxylic acids is 2. The van der Waals surface area contributed by atoms with Gasteiger partial charge in [0, 0.05) is 17.9 Å². The van der Waals surface area contributed by atoms with E-state index in [9.17, 15) is 9.59 Å². The van der Waals surface area contributed by atoms with Crippen molar-refractivity contribution in [3.05, 3.63) is 35.5 Å². The average molecular weight is 330 g/mol. The zero-order chi connectivity index (χ0) is 17.5. The number of rotatable bonds is 0. The molecule has 130 valence electrons. The molecule has 3 aliphatic rings. The second-order valence-corrected chi connectivity index (χ2v) is 7.48. The van der Waals surface area contributed by atoms with Crippen LogP contribution in [0, 0.1) is 5.92 Å². The molecule has 2 heterocycles. The van der Waals surface area contributed by atoms with Crippen molar-refractivity contribution in [3.63, 3.8) is 0 Å². The molecule has 0 aromatic carbocycles. The Bertz CT molecular complexity index is 642. The number of hydrogen-bond acceptors (Lipinski definition) is 4. The van der Waals surface area contributed by atoms with E-state index in [0.29, 0.717) is 5.57 Å². The van der Waals surface area contributed by atoms with Gasteiger partial charge in [-0.15, -0.1) is 0 Å². The molecule has 0 amide bonds. The number of epoxide rings is 1. The summed E-state index contributed by atoms with van der Waals surface area (Å²) in [5.41, 5.74) is 2.21. The molecule has 0 spiro atoms. The number of esters is 1. The number of allylic oxidation sites excluding steroid dienone is 3. The number of fused-ring (bicyclic) bond motifs is 2. The van der Waals surface area contributed by atoms with Crippen LogP contribution in [0.5, 0.6) is 0 Å². The second kappa shape index (κ2) is 6.32. The minimum atomic E-state index is -0.709. The molecule has 4 nitrogen and oxygen atoms in total. The third kappa shape index (κ3) is 3.25. The summed E-state index contributed by atoms with van der Waals surface area (Å²) >= 11 is 0. The molecule has 2 fully saturated rings. The molecule has 0 radical (unpaired) electrons. The zero-order valence-corrected chi connectivity index (χ0v) is 14.8. The molecule has 0 saturated carbocycles. The Morgan fingerprint density at radius 3 is 2.71 bits per heavy atom. The Kier molecular flexibility index (Phi) is 4.52. The van der Waals surface area contributed by atoms with Gasteiger partial charge in [-0.3, -0.25) is 4.79 Å². The molecule has 0 unspecified atom stereocenters. The van der Waals surface area contributed by atoms with E-state index in [-0.39, 0.29) is 36.3 Å². The quantitative estimate of drug-likeness (QED) is 0.294. The maximum atomic E-state index is 12.7. The van der Waals surface area contributed by atoms with E-state index >= 15 is 0 Å². The predicted molar refractivity (Wildman–Crippen MR) is 91.4 cm³/mol. The van der Waals surface area contributed by atoms with Crippen molar-refractivity contribution in [3.8, 4) is 0 Å². The van der Waals surface area contributed by atoms with Crippen molar-refractivity contribution in [1.82, 2.24) is 0 Å². The molecule has 2 saturated heterocycles. The van der Waals surface area contributed by atoms with Gasteiger partial charge in [-0.1, -0.05) is 23.8 Å². The van der Waals surface area contributed by atoms with E-state index in [1.165, 1.54) is 11.1 Å². The molecule has 24 heavy (non-hydrogen) atoms. The molecule has 4 heteroatoms. The van der Waals surface area contributed by atoms with Crippen LogP contribution in [-0.2, 0) is 19.1 Å². The fourth-order valence-corrected chi connectivity index (χ4v) is 3.63. The van der Waals surface area contributed by atoms with Crippen LogP contribution in [0.25, 0.3) is 0 Å². The van der Waals surface area contributed by atoms with Crippen LogP contribution < -0.4 is 0 Å². The van der Waals surface area contributed by atoms with E-state index in [0.717, 1.165) is 25.7 Å². The van der Waals surface area contributed by atoms with Crippen molar-refractivity contribution in [1.29, 1.82) is 0 Å². The SMILES string of the molecule is C=C1C(=O)O[C@H]2/C=C(\C)CC/C=C(/C)CC[C@H]3O[C@@]3(C)C(=O)C[C@H]12. The first-order chi connectivity index (χ1) is 11.3. The van der Waals surface area contributed by atoms with E-state index in [2.05, 4.69) is 19.6 Å². The molecule has 1 aliphatic carbocycles. The summed E-state index contributed by atoms with van der Waals surface area (Å²) in [5.74, 6) is -0.617. The van der Waals surface area contributed by atoms with Crippen molar-refractivity contribution in [2.24, 2.45) is 5.92 Å². The van der Waals surface area contributed by atoms with Crippen molar-refractivity contribution in [2.45, 2.75) is 70.7 Å². The van der Waals surface area contributed by atoms with E-state index in [1.54, 1.807) is 0 Å². The Morgan fingerprint density at radius 2 is 1.96 bits per heavy atom. The van der Waals surface area contributed by atoms with Crippen molar-refractivity contribution < 1.29 is 19.1 Å². The molecule has 0 N–H and O–H groups in total. The van der Waals surface area contributed by atoms with Gasteiger partial charge >= 0.3 is 5.97 Å². The van der Waals surface area contributed by atoms with Gasteiger partial charge < -0.3 is 9.47 Å². The average Bonchev–Trinajstić information content (AvgIpc) is 3.13. The highest BCUT2D eigenvalue weighted by atomic mass is 16.6. The summed E-state index contributed by atoms with van der Waals surface area (Å²) in [7, 11) is 0. The number of ketones is 1. The first-order valence-corrected chi connectivity index (χ1v) is 8.75. The van der Waals surface area contributed by atoms with Crippen LogP contribution >= 0.6 is 0 Å². The minimum absolute atomic E-state index is 0.0155. The molecular weight excluding hydrogens is 304 g/mol. The molecule has 4 atom stereocenters. The fourth-order valence-electron chi connectivity index (χ4n) is 3.63. The molecular formula is C20H26O4. The first kappa shape index (κ1) is 17.2. The van der Waals surface area contributed by atoms with E-state index < -0.39 is 5.60 Å². The second-order valence-electron chi connectivity index (χ2n) is 7.48. The molecule has 0 bridgehead atoms. The Hall–Kier alpha value is -1.68. The first-order valence-electron chi connectivity index (χ1n) is 8.75. The maximum Gasteiger partial charge on any atom is 0.334 e. The minimum Gasteiger partial charge on any atom is -0.454 e. The number of carbonyl (C=O) groups is 2. The number of hydrogen-bond donors (Lipinski definition) is 0. The van der Waals surface area contributed by atoms with Crippen LogP contribution in [0.2, 0.25) is 0 Å². The highest BCUT2D eigenvalue weighted by Crippen LogP contribution is 2.44. The highest BCUT2D eigenvalue weighted by Gasteiger charge is 2.58. The lowest BCUT2D eigenvalue weighted by atomic mass is 9.85. The molecule has 3 rings (SSSR count). The van der Waals surface area contributed by atoms with Gasteiger partial charge in [-0.2, -0.15) is 0 Å². The van der Waals surface area contributed by atoms with Crippen LogP contribution in [-0.4, -0.2) is 29.6 Å². The number of ether oxygens (including phenoxy) is 2. The van der Waals surface area contributed by atoms with Crippen molar-refractivity contribution in [2.75, 3.05) is 0 Å². The van der Waals surface area contributed by atoms with E-state index in [4.69, 9.17) is 9.47 Å². The predicted octanol–water partition coefficient (Wildman–Crippen LogP) is 3.67. The summed E-state index contributed by atoms with van der Waals surface area (Å²) < 4.78 is 11.2. The van der Waals surface area contributed by atoms with Gasteiger partial charge in [0.25, 0.3) is 0 Å². The Balaban J connectivity index is 1.86. The molecule has 2 aliphatic heterocycles. The maximum absolute atomic E-state index is 12.7. The summed E-state index contributed by atoms with van der Waals surface area (Å²) in [6, 6.07) is 0. The van der Waals surface area contributed by atoms with Crippen LogP contribution in [0.1, 0.15) is 52.9 Å². The summed E-state index contributed by atoms with van der Waals surface area (Å²) in [4.78, 5) is 24.6. The van der Waals surface area contributed by atoms with Crippen LogP contribution in [0.4, 0.5) is 0 Å².